The van der Waals surface area contributed by atoms with Gasteiger partial charge in [-0.1, -0.05) is 24.9 Å². The number of rotatable bonds is 3. The lowest BCUT2D eigenvalue weighted by Crippen LogP contribution is -2.20. The Kier molecular flexibility index (Phi) is 4.72. The van der Waals surface area contributed by atoms with Gasteiger partial charge in [0.15, 0.2) is 0 Å². The number of carbonyl (C=O) groups excluding carboxylic acids is 1. The van der Waals surface area contributed by atoms with Gasteiger partial charge in [-0.2, -0.15) is 0 Å². The molecular weight excluding hydrogens is 222 g/mol. The summed E-state index contributed by atoms with van der Waals surface area (Å²) in [6.45, 7) is 0. The second-order valence-electron chi connectivity index (χ2n) is 3.47. The van der Waals surface area contributed by atoms with Gasteiger partial charge in [-0.3, -0.25) is 4.72 Å². The molecule has 0 aliphatic rings. The molecule has 4 nitrogen and oxygen atoms in total. The number of thiol groups is 1. The molecule has 5 heteroatoms. The highest BCUT2D eigenvalue weighted by Crippen LogP contribution is 2.10. The van der Waals surface area contributed by atoms with Crippen LogP contribution in [0.5, 0.6) is 0 Å². The lowest BCUT2D eigenvalue weighted by molar-refractivity contribution is 0.257. The third-order valence-corrected chi connectivity index (χ3v) is 2.04. The van der Waals surface area contributed by atoms with Gasteiger partial charge < -0.3 is 10.2 Å². The van der Waals surface area contributed by atoms with Gasteiger partial charge in [-0.05, 0) is 30.0 Å². The molecule has 16 heavy (non-hydrogen) atoms. The molecule has 0 spiro atoms. The first kappa shape index (κ1) is 12.4. The van der Waals surface area contributed by atoms with Gasteiger partial charge in [0.2, 0.25) is 0 Å². The average Bonchev–Trinajstić information content (AvgIpc) is 2.28. The molecule has 0 aliphatic carbocycles. The molecule has 0 radical (unpaired) electrons. The number of urea groups is 1. The third-order valence-electron chi connectivity index (χ3n) is 1.84. The van der Waals surface area contributed by atoms with E-state index in [1.54, 1.807) is 0 Å². The van der Waals surface area contributed by atoms with Crippen LogP contribution in [-0.2, 0) is 0 Å². The molecule has 2 amide bonds. The Labute approximate surface area is 101 Å². The van der Waals surface area contributed by atoms with Gasteiger partial charge in [-0.25, -0.2) is 4.79 Å². The molecule has 1 aromatic carbocycles. The summed E-state index contributed by atoms with van der Waals surface area (Å²) in [7, 11) is 3.92. The maximum atomic E-state index is 11.0. The summed E-state index contributed by atoms with van der Waals surface area (Å²) >= 11 is 3.64. The standard InChI is InChI=1S/C11H15N3OS/c1-14(2)8-7-9-3-5-10(6-4-9)12-11(15)13-16/h3-8,16H,1-2H3,(H2,12,13,15). The Morgan fingerprint density at radius 2 is 1.94 bits per heavy atom. The summed E-state index contributed by atoms with van der Waals surface area (Å²) in [5, 5.41) is 2.62. The fourth-order valence-electron chi connectivity index (χ4n) is 1.07. The summed E-state index contributed by atoms with van der Waals surface area (Å²) in [5.41, 5.74) is 1.80. The molecular formula is C11H15N3OS. The van der Waals surface area contributed by atoms with Gasteiger partial charge in [0.05, 0.1) is 0 Å². The molecule has 2 N–H and O–H groups in total. The molecule has 0 fully saturated rings. The number of hydrogen-bond acceptors (Lipinski definition) is 3. The van der Waals surface area contributed by atoms with Crippen LogP contribution in [0.3, 0.4) is 0 Å². The molecule has 0 heterocycles. The Morgan fingerprint density at radius 1 is 1.31 bits per heavy atom. The van der Waals surface area contributed by atoms with Crippen molar-refractivity contribution in [1.29, 1.82) is 0 Å². The van der Waals surface area contributed by atoms with E-state index in [9.17, 15) is 4.79 Å². The first-order chi connectivity index (χ1) is 7.61. The normalized spacial score (nSPS) is 10.2. The van der Waals surface area contributed by atoms with Crippen LogP contribution in [0.25, 0.3) is 6.08 Å². The number of nitrogens with one attached hydrogen (secondary N) is 2. The van der Waals surface area contributed by atoms with Crippen molar-refractivity contribution in [3.63, 3.8) is 0 Å². The SMILES string of the molecule is CN(C)C=Cc1ccc(NC(=O)NS)cc1. The highest BCUT2D eigenvalue weighted by molar-refractivity contribution is 7.78. The monoisotopic (exact) mass is 237 g/mol. The largest absolute Gasteiger partial charge is 0.383 e. The van der Waals surface area contributed by atoms with E-state index in [0.717, 1.165) is 11.3 Å². The third kappa shape index (κ3) is 4.27. The molecule has 0 atom stereocenters. The maximum Gasteiger partial charge on any atom is 0.329 e. The van der Waals surface area contributed by atoms with Crippen molar-refractivity contribution >= 4 is 30.6 Å². The van der Waals surface area contributed by atoms with Gasteiger partial charge in [0.25, 0.3) is 0 Å². The van der Waals surface area contributed by atoms with E-state index in [4.69, 9.17) is 0 Å². The minimum absolute atomic E-state index is 0.347. The van der Waals surface area contributed by atoms with Crippen LogP contribution >= 0.6 is 12.8 Å². The van der Waals surface area contributed by atoms with Gasteiger partial charge in [0, 0.05) is 19.8 Å². The first-order valence-electron chi connectivity index (χ1n) is 4.77. The smallest absolute Gasteiger partial charge is 0.329 e. The van der Waals surface area contributed by atoms with E-state index in [2.05, 4.69) is 22.9 Å². The minimum atomic E-state index is -0.347. The molecule has 1 rings (SSSR count). The fourth-order valence-corrected chi connectivity index (χ4v) is 1.13. The number of hydrogen-bond donors (Lipinski definition) is 3. The molecule has 0 bridgehead atoms. The minimum Gasteiger partial charge on any atom is -0.383 e. The summed E-state index contributed by atoms with van der Waals surface area (Å²) in [6, 6.07) is 7.17. The van der Waals surface area contributed by atoms with Gasteiger partial charge in [-0.15, -0.1) is 0 Å². The molecule has 0 saturated carbocycles. The average molecular weight is 237 g/mol. The Balaban J connectivity index is 2.64. The highest BCUT2D eigenvalue weighted by atomic mass is 32.1. The van der Waals surface area contributed by atoms with E-state index in [0.29, 0.717) is 0 Å². The van der Waals surface area contributed by atoms with Crippen LogP contribution in [0.15, 0.2) is 30.5 Å². The second-order valence-corrected chi connectivity index (χ2v) is 3.69. The molecule has 0 saturated heterocycles. The zero-order valence-corrected chi connectivity index (χ0v) is 10.2. The molecule has 86 valence electrons. The highest BCUT2D eigenvalue weighted by Gasteiger charge is 1.97. The van der Waals surface area contributed by atoms with Crippen molar-refractivity contribution in [1.82, 2.24) is 9.62 Å². The maximum absolute atomic E-state index is 11.0. The van der Waals surface area contributed by atoms with Gasteiger partial charge in [0.1, 0.15) is 0 Å². The summed E-state index contributed by atoms with van der Waals surface area (Å²) < 4.78 is 2.19. The summed E-state index contributed by atoms with van der Waals surface area (Å²) in [6.07, 6.45) is 3.95. The van der Waals surface area contributed by atoms with Crippen LogP contribution in [-0.4, -0.2) is 25.0 Å². The Morgan fingerprint density at radius 3 is 2.44 bits per heavy atom. The van der Waals surface area contributed by atoms with Crippen molar-refractivity contribution in [3.8, 4) is 0 Å². The Hall–Kier alpha value is -1.62. The van der Waals surface area contributed by atoms with Gasteiger partial charge >= 0.3 is 6.03 Å². The van der Waals surface area contributed by atoms with Crippen molar-refractivity contribution in [2.24, 2.45) is 0 Å². The predicted molar refractivity (Wildman–Crippen MR) is 70.3 cm³/mol. The van der Waals surface area contributed by atoms with Crippen LogP contribution in [0, 0.1) is 0 Å². The number of nitrogens with zero attached hydrogens (tertiary/aromatic N) is 1. The molecule has 0 aliphatic heterocycles. The van der Waals surface area contributed by atoms with E-state index in [1.165, 1.54) is 0 Å². The fraction of sp³-hybridized carbons (Fsp3) is 0.182. The van der Waals surface area contributed by atoms with Crippen LogP contribution in [0.1, 0.15) is 5.56 Å². The molecule has 0 aromatic heterocycles. The predicted octanol–water partition coefficient (Wildman–Crippen LogP) is 2.19. The van der Waals surface area contributed by atoms with Crippen molar-refractivity contribution < 1.29 is 4.79 Å². The number of anilines is 1. The van der Waals surface area contributed by atoms with E-state index in [1.807, 2.05) is 55.5 Å². The summed E-state index contributed by atoms with van der Waals surface area (Å²) in [4.78, 5) is 12.9. The number of benzene rings is 1. The number of amides is 2. The van der Waals surface area contributed by atoms with E-state index >= 15 is 0 Å². The van der Waals surface area contributed by atoms with E-state index in [-0.39, 0.29) is 6.03 Å². The lowest BCUT2D eigenvalue weighted by atomic mass is 10.2. The van der Waals surface area contributed by atoms with Crippen LogP contribution in [0.4, 0.5) is 10.5 Å². The second kappa shape index (κ2) is 6.07. The lowest BCUT2D eigenvalue weighted by Gasteiger charge is -2.05. The first-order valence-corrected chi connectivity index (χ1v) is 5.22. The molecule has 1 aromatic rings. The quantitative estimate of drug-likeness (QED) is 0.706. The zero-order valence-electron chi connectivity index (χ0n) is 9.27. The van der Waals surface area contributed by atoms with Crippen molar-refractivity contribution in [2.75, 3.05) is 19.4 Å². The van der Waals surface area contributed by atoms with Crippen LogP contribution in [0.2, 0.25) is 0 Å². The number of carbonyl (C=O) groups is 1. The molecule has 0 unspecified atom stereocenters. The Bertz CT molecular complexity index is 373. The zero-order chi connectivity index (χ0) is 12.0. The van der Waals surface area contributed by atoms with Crippen molar-refractivity contribution in [2.45, 2.75) is 0 Å². The summed E-state index contributed by atoms with van der Waals surface area (Å²) in [5.74, 6) is 0. The van der Waals surface area contributed by atoms with E-state index < -0.39 is 0 Å². The topological polar surface area (TPSA) is 44.4 Å². The van der Waals surface area contributed by atoms with Crippen molar-refractivity contribution in [3.05, 3.63) is 36.0 Å². The van der Waals surface area contributed by atoms with Crippen LogP contribution < -0.4 is 10.0 Å².